The van der Waals surface area contributed by atoms with Gasteiger partial charge in [-0.1, -0.05) is 0 Å². The molecule has 0 aromatic heterocycles. The van der Waals surface area contributed by atoms with Gasteiger partial charge in [-0.25, -0.2) is 0 Å². The molecule has 0 saturated carbocycles. The summed E-state index contributed by atoms with van der Waals surface area (Å²) < 4.78 is 6.80. The maximum Gasteiger partial charge on any atom is 0.232 e. The van der Waals surface area contributed by atoms with Crippen molar-refractivity contribution in [2.75, 3.05) is 48.4 Å². The molecule has 1 aromatic carbocycles. The van der Waals surface area contributed by atoms with Crippen LogP contribution in [0.3, 0.4) is 0 Å². The largest absolute Gasteiger partial charge is 0.484 e. The number of likely N-dealkylation sites (N-methyl/N-ethyl adjacent to an activating group) is 2. The van der Waals surface area contributed by atoms with E-state index in [1.54, 1.807) is 31.2 Å². The van der Waals surface area contributed by atoms with E-state index in [2.05, 4.69) is 13.8 Å². The minimum Gasteiger partial charge on any atom is -0.484 e. The first kappa shape index (κ1) is 20.6. The minimum absolute atomic E-state index is 0.110. The number of quaternary nitrogens is 2. The van der Waals surface area contributed by atoms with Crippen LogP contribution in [0, 0.1) is 0 Å². The van der Waals surface area contributed by atoms with Crippen molar-refractivity contribution in [3.8, 4) is 5.75 Å². The lowest BCUT2D eigenvalue weighted by Crippen LogP contribution is -2.64. The molecule has 1 unspecified atom stereocenters. The Morgan fingerprint density at radius 2 is 1.62 bits per heavy atom. The third kappa shape index (κ3) is 5.30. The molecule has 0 spiro atoms. The van der Waals surface area contributed by atoms with Crippen molar-refractivity contribution in [1.29, 1.82) is 0 Å². The highest BCUT2D eigenvalue weighted by Gasteiger charge is 2.42. The summed E-state index contributed by atoms with van der Waals surface area (Å²) in [4.78, 5) is 12.2. The number of rotatable bonds is 8. The van der Waals surface area contributed by atoms with Crippen molar-refractivity contribution in [2.24, 2.45) is 0 Å². The Morgan fingerprint density at radius 1 is 1.12 bits per heavy atom. The quantitative estimate of drug-likeness (QED) is 0.449. The van der Waals surface area contributed by atoms with E-state index < -0.39 is 5.72 Å². The molecule has 0 bridgehead atoms. The van der Waals surface area contributed by atoms with E-state index in [4.69, 9.17) is 4.74 Å². The number of aliphatic hydroxyl groups is 1. The second-order valence-corrected chi connectivity index (χ2v) is 8.54. The van der Waals surface area contributed by atoms with Crippen LogP contribution in [-0.2, 0) is 0 Å². The number of Topliss-reactive ketones (excluding diaryl/α,β-unsaturated/α-hetero) is 1. The van der Waals surface area contributed by atoms with E-state index in [1.807, 2.05) is 35.2 Å². The Morgan fingerprint density at radius 3 is 2.04 bits per heavy atom. The van der Waals surface area contributed by atoms with Gasteiger partial charge in [-0.15, -0.1) is 0 Å². The zero-order chi connectivity index (χ0) is 18.8. The van der Waals surface area contributed by atoms with E-state index >= 15 is 0 Å². The molecule has 136 valence electrons. The highest BCUT2D eigenvalue weighted by Crippen LogP contribution is 2.23. The normalized spacial score (nSPS) is 15.2. The Labute approximate surface area is 146 Å². The van der Waals surface area contributed by atoms with Crippen LogP contribution >= 0.6 is 0 Å². The predicted molar refractivity (Wildman–Crippen MR) is 97.0 cm³/mol. The summed E-state index contributed by atoms with van der Waals surface area (Å²) in [5, 5.41) is 10.7. The van der Waals surface area contributed by atoms with Crippen molar-refractivity contribution in [2.45, 2.75) is 32.5 Å². The van der Waals surface area contributed by atoms with Crippen LogP contribution in [-0.4, -0.2) is 80.0 Å². The molecule has 0 fully saturated rings. The molecule has 1 atom stereocenters. The summed E-state index contributed by atoms with van der Waals surface area (Å²) in [5.74, 6) is 0.763. The summed E-state index contributed by atoms with van der Waals surface area (Å²) in [6.07, 6.45) is 0. The van der Waals surface area contributed by atoms with Gasteiger partial charge in [-0.3, -0.25) is 9.28 Å². The minimum atomic E-state index is -1.01. The predicted octanol–water partition coefficient (Wildman–Crippen LogP) is 2.15. The number of nitrogens with zero attached hydrogens (tertiary/aromatic N) is 2. The molecular weight excluding hydrogens is 304 g/mol. The summed E-state index contributed by atoms with van der Waals surface area (Å²) >= 11 is 0. The third-order valence-corrected chi connectivity index (χ3v) is 4.84. The van der Waals surface area contributed by atoms with Gasteiger partial charge in [0.15, 0.2) is 6.61 Å². The van der Waals surface area contributed by atoms with Gasteiger partial charge in [0.1, 0.15) is 12.3 Å². The van der Waals surface area contributed by atoms with Crippen molar-refractivity contribution in [3.05, 3.63) is 29.8 Å². The lowest BCUT2D eigenvalue weighted by Gasteiger charge is -2.45. The van der Waals surface area contributed by atoms with Crippen LogP contribution in [0.25, 0.3) is 0 Å². The molecule has 5 heteroatoms. The number of hydrogen-bond acceptors (Lipinski definition) is 3. The standard InChI is InChI=1S/C19H34N2O3/c1-15(2)21(7,8)19(3,23)14-24-17-11-9-16(10-12-17)18(22)13-20(4,5)6/h9-12,15,23H,13-14H2,1-8H3/q+2. The average Bonchev–Trinajstić information content (AvgIpc) is 2.43. The molecule has 0 saturated heterocycles. The number of benzene rings is 1. The zero-order valence-corrected chi connectivity index (χ0v) is 16.5. The molecule has 0 heterocycles. The molecule has 24 heavy (non-hydrogen) atoms. The van der Waals surface area contributed by atoms with Crippen LogP contribution in [0.4, 0.5) is 0 Å². The molecule has 0 radical (unpaired) electrons. The summed E-state index contributed by atoms with van der Waals surface area (Å²) in [5.41, 5.74) is -0.327. The highest BCUT2D eigenvalue weighted by molar-refractivity contribution is 5.97. The monoisotopic (exact) mass is 338 g/mol. The van der Waals surface area contributed by atoms with Gasteiger partial charge < -0.3 is 14.3 Å². The fourth-order valence-corrected chi connectivity index (χ4v) is 2.20. The first-order valence-corrected chi connectivity index (χ1v) is 8.39. The van der Waals surface area contributed by atoms with E-state index in [9.17, 15) is 9.90 Å². The van der Waals surface area contributed by atoms with Gasteiger partial charge in [0.05, 0.1) is 41.3 Å². The molecule has 0 aliphatic carbocycles. The van der Waals surface area contributed by atoms with Gasteiger partial charge in [-0.05, 0) is 38.1 Å². The van der Waals surface area contributed by atoms with Crippen molar-refractivity contribution in [3.63, 3.8) is 0 Å². The summed E-state index contributed by atoms with van der Waals surface area (Å²) in [6, 6.07) is 7.40. The molecule has 1 N–H and O–H groups in total. The maximum absolute atomic E-state index is 12.2. The van der Waals surface area contributed by atoms with Gasteiger partial charge in [0.2, 0.25) is 11.5 Å². The van der Waals surface area contributed by atoms with Crippen LogP contribution in [0.5, 0.6) is 5.75 Å². The number of ketones is 1. The van der Waals surface area contributed by atoms with Gasteiger partial charge >= 0.3 is 0 Å². The lowest BCUT2D eigenvalue weighted by atomic mass is 10.1. The van der Waals surface area contributed by atoms with Gasteiger partial charge in [-0.2, -0.15) is 0 Å². The van der Waals surface area contributed by atoms with E-state index in [0.29, 0.717) is 26.8 Å². The summed E-state index contributed by atoms with van der Waals surface area (Å²) in [6.45, 7) is 6.57. The fraction of sp³-hybridized carbons (Fsp3) is 0.632. The smallest absolute Gasteiger partial charge is 0.232 e. The van der Waals surface area contributed by atoms with Crippen molar-refractivity contribution < 1.29 is 23.6 Å². The number of carbonyl (C=O) groups excluding carboxylic acids is 1. The molecular formula is C19H34N2O3+2. The average molecular weight is 338 g/mol. The second kappa shape index (κ2) is 7.21. The number of hydrogen-bond donors (Lipinski definition) is 1. The van der Waals surface area contributed by atoms with Gasteiger partial charge in [0.25, 0.3) is 0 Å². The first-order chi connectivity index (χ1) is 10.8. The van der Waals surface area contributed by atoms with Crippen LogP contribution < -0.4 is 4.74 Å². The van der Waals surface area contributed by atoms with Gasteiger partial charge in [0, 0.05) is 12.5 Å². The number of ether oxygens (including phenoxy) is 1. The SMILES string of the molecule is CC(C)[N+](C)(C)C(C)(O)COc1ccc(C(=O)C[N+](C)(C)C)cc1. The van der Waals surface area contributed by atoms with Crippen molar-refractivity contribution in [1.82, 2.24) is 0 Å². The molecule has 1 aromatic rings. The Bertz CT molecular complexity index is 555. The van der Waals surface area contributed by atoms with E-state index in [0.717, 1.165) is 0 Å². The zero-order valence-electron chi connectivity index (χ0n) is 16.5. The maximum atomic E-state index is 12.2. The second-order valence-electron chi connectivity index (χ2n) is 8.54. The van der Waals surface area contributed by atoms with Crippen molar-refractivity contribution >= 4 is 5.78 Å². The van der Waals surface area contributed by atoms with E-state index in [-0.39, 0.29) is 18.4 Å². The molecule has 0 amide bonds. The molecule has 0 aliphatic heterocycles. The Balaban J connectivity index is 2.73. The topological polar surface area (TPSA) is 46.5 Å². The van der Waals surface area contributed by atoms with Crippen LogP contribution in [0.15, 0.2) is 24.3 Å². The third-order valence-electron chi connectivity index (χ3n) is 4.84. The lowest BCUT2D eigenvalue weighted by molar-refractivity contribution is -0.982. The van der Waals surface area contributed by atoms with Crippen LogP contribution in [0.1, 0.15) is 31.1 Å². The fourth-order valence-electron chi connectivity index (χ4n) is 2.20. The molecule has 1 rings (SSSR count). The highest BCUT2D eigenvalue weighted by atomic mass is 16.5. The molecule has 0 aliphatic rings. The van der Waals surface area contributed by atoms with E-state index in [1.165, 1.54) is 0 Å². The first-order valence-electron chi connectivity index (χ1n) is 8.39. The Kier molecular flexibility index (Phi) is 6.20. The number of carbonyl (C=O) groups is 1. The van der Waals surface area contributed by atoms with Crippen LogP contribution in [0.2, 0.25) is 0 Å². The molecule has 5 nitrogen and oxygen atoms in total. The Hall–Kier alpha value is -1.43. The summed E-state index contributed by atoms with van der Waals surface area (Å²) in [7, 11) is 9.95.